The molecule has 0 radical (unpaired) electrons. The van der Waals surface area contributed by atoms with Crippen LogP contribution in [0.15, 0.2) is 30.3 Å². The molecule has 2 aromatic rings. The second kappa shape index (κ2) is 6.26. The number of ketones is 1. The van der Waals surface area contributed by atoms with Crippen LogP contribution in [0.4, 0.5) is 5.69 Å². The lowest BCUT2D eigenvalue weighted by Gasteiger charge is -2.18. The Bertz CT molecular complexity index is 1030. The van der Waals surface area contributed by atoms with Gasteiger partial charge in [0.1, 0.15) is 11.5 Å². The molecule has 1 aromatic carbocycles. The lowest BCUT2D eigenvalue weighted by Crippen LogP contribution is -2.33. The van der Waals surface area contributed by atoms with Crippen LogP contribution in [-0.2, 0) is 23.2 Å². The van der Waals surface area contributed by atoms with Gasteiger partial charge in [0.05, 0.1) is 12.0 Å². The van der Waals surface area contributed by atoms with Crippen molar-refractivity contribution in [1.82, 2.24) is 9.88 Å². The highest BCUT2D eigenvalue weighted by Crippen LogP contribution is 2.41. The van der Waals surface area contributed by atoms with Crippen LogP contribution < -0.4 is 4.90 Å². The molecule has 6 nitrogen and oxygen atoms in total. The van der Waals surface area contributed by atoms with Crippen molar-refractivity contribution in [2.24, 2.45) is 0 Å². The maximum Gasteiger partial charge on any atom is 0.236 e. The summed E-state index contributed by atoms with van der Waals surface area (Å²) in [7, 11) is 1.76. The van der Waals surface area contributed by atoms with E-state index in [1.165, 1.54) is 0 Å². The number of nitrogens with zero attached hydrogens (tertiary/aromatic N) is 3. The number of aryl methyl sites for hydroxylation is 1. The van der Waals surface area contributed by atoms with Crippen molar-refractivity contribution in [3.8, 4) is 0 Å². The van der Waals surface area contributed by atoms with Gasteiger partial charge in [-0.05, 0) is 50.1 Å². The molecule has 2 aliphatic heterocycles. The number of amides is 1. The van der Waals surface area contributed by atoms with E-state index in [1.807, 2.05) is 45.0 Å². The number of carbonyl (C=O) groups is 2. The van der Waals surface area contributed by atoms with Crippen molar-refractivity contribution in [1.29, 1.82) is 5.41 Å². The van der Waals surface area contributed by atoms with Gasteiger partial charge < -0.3 is 9.80 Å². The summed E-state index contributed by atoms with van der Waals surface area (Å²) >= 11 is 0. The van der Waals surface area contributed by atoms with E-state index in [0.717, 1.165) is 28.9 Å². The normalized spacial score (nSPS) is 17.1. The van der Waals surface area contributed by atoms with Crippen LogP contribution in [0.1, 0.15) is 53.6 Å². The Kier molecular flexibility index (Phi) is 4.10. The fourth-order valence-corrected chi connectivity index (χ4v) is 4.04. The van der Waals surface area contributed by atoms with Gasteiger partial charge in [-0.15, -0.1) is 0 Å². The van der Waals surface area contributed by atoms with Gasteiger partial charge in [0.2, 0.25) is 5.91 Å². The first-order chi connectivity index (χ1) is 13.2. The number of aromatic nitrogens is 1. The second-order valence-corrected chi connectivity index (χ2v) is 8.01. The fourth-order valence-electron chi connectivity index (χ4n) is 4.04. The molecule has 0 fully saturated rings. The number of fused-ring (bicyclic) bond motifs is 2. The highest BCUT2D eigenvalue weighted by atomic mass is 16.2. The Morgan fingerprint density at radius 2 is 2.00 bits per heavy atom. The number of nitrogens with one attached hydrogen (secondary N) is 1. The van der Waals surface area contributed by atoms with Crippen molar-refractivity contribution >= 4 is 23.2 Å². The quantitative estimate of drug-likeness (QED) is 0.833. The minimum absolute atomic E-state index is 0.0293. The van der Waals surface area contributed by atoms with E-state index in [0.29, 0.717) is 23.6 Å². The summed E-state index contributed by atoms with van der Waals surface area (Å²) in [6.07, 6.45) is 0.817. The van der Waals surface area contributed by atoms with Crippen LogP contribution >= 0.6 is 0 Å². The summed E-state index contributed by atoms with van der Waals surface area (Å²) in [6, 6.07) is 9.42. The summed E-state index contributed by atoms with van der Waals surface area (Å²) in [6.45, 7) is 6.45. The number of benzene rings is 1. The molecule has 6 heteroatoms. The van der Waals surface area contributed by atoms with E-state index in [4.69, 9.17) is 5.41 Å². The number of carbonyl (C=O) groups excluding carboxylic acids is 2. The number of hydrogen-bond donors (Lipinski definition) is 1. The molecular formula is C22H24N4O2. The number of pyridine rings is 1. The summed E-state index contributed by atoms with van der Waals surface area (Å²) in [5.74, 6) is 0.269. The Morgan fingerprint density at radius 1 is 1.25 bits per heavy atom. The maximum atomic E-state index is 12.9. The minimum atomic E-state index is -0.641. The van der Waals surface area contributed by atoms with Crippen LogP contribution in [0.25, 0.3) is 0 Å². The molecule has 28 heavy (non-hydrogen) atoms. The van der Waals surface area contributed by atoms with Crippen molar-refractivity contribution in [2.45, 2.75) is 39.2 Å². The average Bonchev–Trinajstić information content (AvgIpc) is 3.08. The third-order valence-corrected chi connectivity index (χ3v) is 5.83. The molecular weight excluding hydrogens is 352 g/mol. The van der Waals surface area contributed by atoms with Crippen molar-refractivity contribution in [3.05, 3.63) is 58.4 Å². The predicted molar refractivity (Wildman–Crippen MR) is 108 cm³/mol. The molecule has 0 unspecified atom stereocenters. The Hall–Kier alpha value is -3.02. The smallest absolute Gasteiger partial charge is 0.236 e. The van der Waals surface area contributed by atoms with Crippen LogP contribution in [0.2, 0.25) is 0 Å². The van der Waals surface area contributed by atoms with Gasteiger partial charge >= 0.3 is 0 Å². The summed E-state index contributed by atoms with van der Waals surface area (Å²) in [4.78, 5) is 33.4. The Balaban J connectivity index is 1.57. The van der Waals surface area contributed by atoms with Crippen LogP contribution in [0.3, 0.4) is 0 Å². The molecule has 1 aromatic heterocycles. The molecule has 2 aliphatic rings. The van der Waals surface area contributed by atoms with Gasteiger partial charge in [0.25, 0.3) is 0 Å². The van der Waals surface area contributed by atoms with Gasteiger partial charge in [-0.1, -0.05) is 13.0 Å². The largest absolute Gasteiger partial charge is 0.343 e. The Labute approximate surface area is 164 Å². The topological polar surface area (TPSA) is 77.4 Å². The van der Waals surface area contributed by atoms with Gasteiger partial charge in [-0.25, -0.2) is 4.98 Å². The number of Topliss-reactive ketones (excluding diaryl/α,β-unsaturated/α-hetero) is 1. The molecule has 1 amide bonds. The predicted octanol–water partition coefficient (Wildman–Crippen LogP) is 2.92. The zero-order valence-electron chi connectivity index (χ0n) is 16.7. The van der Waals surface area contributed by atoms with Gasteiger partial charge in [0.15, 0.2) is 5.78 Å². The summed E-state index contributed by atoms with van der Waals surface area (Å²) in [5.41, 5.74) is 4.26. The number of hydrogen-bond acceptors (Lipinski definition) is 4. The molecule has 144 valence electrons. The van der Waals surface area contributed by atoms with Gasteiger partial charge in [-0.3, -0.25) is 15.0 Å². The third-order valence-electron chi connectivity index (χ3n) is 5.83. The minimum Gasteiger partial charge on any atom is -0.343 e. The molecule has 0 atom stereocenters. The molecule has 0 saturated heterocycles. The number of rotatable bonds is 4. The van der Waals surface area contributed by atoms with Crippen LogP contribution in [-0.4, -0.2) is 41.0 Å². The van der Waals surface area contributed by atoms with Crippen LogP contribution in [0, 0.1) is 5.41 Å². The highest BCUT2D eigenvalue weighted by molar-refractivity contribution is 6.09. The molecule has 1 N–H and O–H groups in total. The van der Waals surface area contributed by atoms with E-state index in [1.54, 1.807) is 22.9 Å². The molecule has 4 rings (SSSR count). The van der Waals surface area contributed by atoms with E-state index in [9.17, 15) is 9.59 Å². The van der Waals surface area contributed by atoms with E-state index >= 15 is 0 Å². The number of likely N-dealkylation sites (N-methyl/N-ethyl adjacent to an activating group) is 1. The van der Waals surface area contributed by atoms with E-state index in [-0.39, 0.29) is 18.2 Å². The van der Waals surface area contributed by atoms with Crippen molar-refractivity contribution in [2.75, 3.05) is 18.5 Å². The Morgan fingerprint density at radius 3 is 2.71 bits per heavy atom. The molecule has 0 aliphatic carbocycles. The SMILES string of the molecule is CCc1ccc2c(n1)C(=N)N(CC(=O)c1ccc3c(c1)C(C)(C)C(=O)N3C)C2. The van der Waals surface area contributed by atoms with Gasteiger partial charge in [0, 0.05) is 36.1 Å². The number of anilines is 1. The zero-order valence-corrected chi connectivity index (χ0v) is 16.7. The first-order valence-electron chi connectivity index (χ1n) is 9.52. The van der Waals surface area contributed by atoms with Crippen molar-refractivity contribution < 1.29 is 9.59 Å². The fraction of sp³-hybridized carbons (Fsp3) is 0.364. The first kappa shape index (κ1) is 18.3. The van der Waals surface area contributed by atoms with Crippen LogP contribution in [0.5, 0.6) is 0 Å². The number of amidine groups is 1. The lowest BCUT2D eigenvalue weighted by molar-refractivity contribution is -0.121. The van der Waals surface area contributed by atoms with E-state index < -0.39 is 5.41 Å². The monoisotopic (exact) mass is 376 g/mol. The molecule has 0 spiro atoms. The zero-order chi connectivity index (χ0) is 20.2. The summed E-state index contributed by atoms with van der Waals surface area (Å²) in [5, 5.41) is 8.41. The molecule has 0 bridgehead atoms. The standard InChI is InChI=1S/C22H24N4O2/c1-5-15-8-6-14-11-26(20(23)19(14)24-15)12-18(27)13-7-9-17-16(10-13)22(2,3)21(28)25(17)4/h6-10,23H,5,11-12H2,1-4H3. The lowest BCUT2D eigenvalue weighted by atomic mass is 9.85. The van der Waals surface area contributed by atoms with E-state index in [2.05, 4.69) is 4.98 Å². The van der Waals surface area contributed by atoms with Gasteiger partial charge in [-0.2, -0.15) is 0 Å². The second-order valence-electron chi connectivity index (χ2n) is 8.01. The van der Waals surface area contributed by atoms with Crippen molar-refractivity contribution in [3.63, 3.8) is 0 Å². The molecule has 3 heterocycles. The maximum absolute atomic E-state index is 12.9. The molecule has 0 saturated carbocycles. The average molecular weight is 376 g/mol. The first-order valence-corrected chi connectivity index (χ1v) is 9.52. The highest BCUT2D eigenvalue weighted by Gasteiger charge is 2.42. The summed E-state index contributed by atoms with van der Waals surface area (Å²) < 4.78 is 0. The third kappa shape index (κ3) is 2.63.